The number of esters is 1. The maximum Gasteiger partial charge on any atom is 0.375 e. The number of furan rings is 1. The van der Waals surface area contributed by atoms with E-state index in [1.165, 1.54) is 11.6 Å². The van der Waals surface area contributed by atoms with Crippen LogP contribution in [0.25, 0.3) is 0 Å². The highest BCUT2D eigenvalue weighted by Crippen LogP contribution is 2.29. The third-order valence-electron chi connectivity index (χ3n) is 4.11. The summed E-state index contributed by atoms with van der Waals surface area (Å²) in [6.07, 6.45) is 2.04. The highest BCUT2D eigenvalue weighted by Gasteiger charge is 2.26. The molecular formula is C18H18BrNO4. The smallest absolute Gasteiger partial charge is 0.375 e. The first kappa shape index (κ1) is 16.8. The molecule has 1 aliphatic rings. The maximum absolute atomic E-state index is 12.4. The van der Waals surface area contributed by atoms with Crippen LogP contribution >= 0.6 is 15.9 Å². The van der Waals surface area contributed by atoms with Gasteiger partial charge < -0.3 is 14.5 Å². The third kappa shape index (κ3) is 3.70. The molecule has 3 rings (SSSR count). The molecule has 1 aromatic carbocycles. The first-order valence-corrected chi connectivity index (χ1v) is 8.68. The molecule has 0 spiro atoms. The number of hydrogen-bond donors (Lipinski definition) is 1. The molecule has 0 aliphatic heterocycles. The molecule has 5 nitrogen and oxygen atoms in total. The van der Waals surface area contributed by atoms with Gasteiger partial charge in [0.05, 0.1) is 6.04 Å². The third-order valence-corrected chi connectivity index (χ3v) is 4.54. The second kappa shape index (κ2) is 7.21. The number of benzene rings is 1. The molecule has 0 radical (unpaired) electrons. The first-order chi connectivity index (χ1) is 11.5. The van der Waals surface area contributed by atoms with Crippen molar-refractivity contribution in [3.05, 3.63) is 58.0 Å². The number of rotatable bonds is 4. The molecule has 6 heteroatoms. The van der Waals surface area contributed by atoms with Crippen molar-refractivity contribution in [2.45, 2.75) is 38.3 Å². The highest BCUT2D eigenvalue weighted by molar-refractivity contribution is 9.10. The lowest BCUT2D eigenvalue weighted by Gasteiger charge is -2.27. The van der Waals surface area contributed by atoms with Crippen LogP contribution in [0, 0.1) is 0 Å². The maximum atomic E-state index is 12.4. The predicted molar refractivity (Wildman–Crippen MR) is 91.5 cm³/mol. The molecule has 0 bridgehead atoms. The molecule has 0 saturated heterocycles. The van der Waals surface area contributed by atoms with Gasteiger partial charge in [-0.3, -0.25) is 4.79 Å². The molecule has 2 atom stereocenters. The number of carbonyl (C=O) groups is 2. The van der Waals surface area contributed by atoms with Crippen LogP contribution in [0.15, 0.2) is 45.5 Å². The Morgan fingerprint density at radius 3 is 2.83 bits per heavy atom. The van der Waals surface area contributed by atoms with Crippen molar-refractivity contribution in [1.29, 1.82) is 0 Å². The molecule has 1 heterocycles. The number of hydrogen-bond acceptors (Lipinski definition) is 4. The van der Waals surface area contributed by atoms with Crippen molar-refractivity contribution >= 4 is 27.8 Å². The number of carbonyl (C=O) groups excluding carboxylic acids is 2. The van der Waals surface area contributed by atoms with Crippen LogP contribution in [0.5, 0.6) is 0 Å². The minimum Gasteiger partial charge on any atom is -0.447 e. The van der Waals surface area contributed by atoms with Gasteiger partial charge >= 0.3 is 5.97 Å². The van der Waals surface area contributed by atoms with E-state index in [0.29, 0.717) is 4.67 Å². The average molecular weight is 392 g/mol. The normalized spacial score (nSPS) is 17.7. The van der Waals surface area contributed by atoms with E-state index >= 15 is 0 Å². The fourth-order valence-corrected chi connectivity index (χ4v) is 3.20. The van der Waals surface area contributed by atoms with E-state index in [1.54, 1.807) is 13.0 Å². The largest absolute Gasteiger partial charge is 0.447 e. The van der Waals surface area contributed by atoms with Crippen molar-refractivity contribution < 1.29 is 18.7 Å². The zero-order valence-electron chi connectivity index (χ0n) is 13.3. The van der Waals surface area contributed by atoms with E-state index in [1.807, 2.05) is 18.2 Å². The summed E-state index contributed by atoms with van der Waals surface area (Å²) in [7, 11) is 0. The summed E-state index contributed by atoms with van der Waals surface area (Å²) in [5.41, 5.74) is 2.41. The lowest BCUT2D eigenvalue weighted by molar-refractivity contribution is -0.130. The summed E-state index contributed by atoms with van der Waals surface area (Å²) in [5, 5.41) is 2.98. The zero-order valence-corrected chi connectivity index (χ0v) is 14.8. The van der Waals surface area contributed by atoms with E-state index in [0.717, 1.165) is 24.8 Å². The van der Waals surface area contributed by atoms with Crippen molar-refractivity contribution in [1.82, 2.24) is 5.32 Å². The zero-order chi connectivity index (χ0) is 17.1. The summed E-state index contributed by atoms with van der Waals surface area (Å²) in [5.74, 6) is -0.910. The summed E-state index contributed by atoms with van der Waals surface area (Å²) in [4.78, 5) is 24.3. The number of amides is 1. The molecule has 2 aromatic rings. The Kier molecular flexibility index (Phi) is 5.04. The van der Waals surface area contributed by atoms with Crippen LogP contribution in [0.1, 0.15) is 47.5 Å². The number of halogens is 1. The molecule has 0 fully saturated rings. The fraction of sp³-hybridized carbons (Fsp3) is 0.333. The van der Waals surface area contributed by atoms with Gasteiger partial charge in [-0.15, -0.1) is 0 Å². The SMILES string of the molecule is CC(OC(=O)c1ccc(Br)o1)C(=O)NC1CCCc2ccccc21. The molecule has 0 saturated carbocycles. The Morgan fingerprint density at radius 1 is 1.29 bits per heavy atom. The highest BCUT2D eigenvalue weighted by atomic mass is 79.9. The number of nitrogens with one attached hydrogen (secondary N) is 1. The summed E-state index contributed by atoms with van der Waals surface area (Å²) in [6.45, 7) is 1.56. The second-order valence-corrected chi connectivity index (χ2v) is 6.59. The van der Waals surface area contributed by atoms with E-state index in [-0.39, 0.29) is 17.7 Å². The second-order valence-electron chi connectivity index (χ2n) is 5.80. The minimum absolute atomic E-state index is 0.0404. The van der Waals surface area contributed by atoms with Crippen LogP contribution < -0.4 is 5.32 Å². The van der Waals surface area contributed by atoms with Gasteiger partial charge in [-0.1, -0.05) is 24.3 Å². The Balaban J connectivity index is 1.62. The quantitative estimate of drug-likeness (QED) is 0.805. The lowest BCUT2D eigenvalue weighted by Crippen LogP contribution is -2.39. The fourth-order valence-electron chi connectivity index (χ4n) is 2.89. The molecular weight excluding hydrogens is 374 g/mol. The number of ether oxygens (including phenoxy) is 1. The van der Waals surface area contributed by atoms with Gasteiger partial charge in [0.15, 0.2) is 10.8 Å². The van der Waals surface area contributed by atoms with Gasteiger partial charge in [0.1, 0.15) is 0 Å². The molecule has 1 amide bonds. The van der Waals surface area contributed by atoms with Crippen molar-refractivity contribution in [3.63, 3.8) is 0 Å². The average Bonchev–Trinajstić information content (AvgIpc) is 3.01. The van der Waals surface area contributed by atoms with E-state index in [9.17, 15) is 9.59 Å². The van der Waals surface area contributed by atoms with Crippen molar-refractivity contribution in [2.24, 2.45) is 0 Å². The van der Waals surface area contributed by atoms with Crippen LogP contribution in [-0.4, -0.2) is 18.0 Å². The predicted octanol–water partition coefficient (Wildman–Crippen LogP) is 3.78. The molecule has 2 unspecified atom stereocenters. The lowest BCUT2D eigenvalue weighted by atomic mass is 9.87. The van der Waals surface area contributed by atoms with Gasteiger partial charge in [-0.25, -0.2) is 4.79 Å². The molecule has 24 heavy (non-hydrogen) atoms. The van der Waals surface area contributed by atoms with Crippen LogP contribution in [0.4, 0.5) is 0 Å². The molecule has 1 aliphatic carbocycles. The van der Waals surface area contributed by atoms with E-state index in [2.05, 4.69) is 27.3 Å². The summed E-state index contributed by atoms with van der Waals surface area (Å²) >= 11 is 3.12. The first-order valence-electron chi connectivity index (χ1n) is 7.89. The monoisotopic (exact) mass is 391 g/mol. The number of aryl methyl sites for hydroxylation is 1. The summed E-state index contributed by atoms with van der Waals surface area (Å²) < 4.78 is 10.7. The van der Waals surface area contributed by atoms with Gasteiger partial charge in [0.2, 0.25) is 5.76 Å². The van der Waals surface area contributed by atoms with Crippen LogP contribution in [0.2, 0.25) is 0 Å². The Morgan fingerprint density at radius 2 is 2.08 bits per heavy atom. The van der Waals surface area contributed by atoms with Crippen LogP contribution in [-0.2, 0) is 16.0 Å². The van der Waals surface area contributed by atoms with E-state index in [4.69, 9.17) is 9.15 Å². The molecule has 1 aromatic heterocycles. The standard InChI is InChI=1S/C18H18BrNO4/c1-11(23-18(22)15-9-10-16(19)24-15)17(21)20-14-8-4-6-12-5-2-3-7-13(12)14/h2-3,5,7,9-11,14H,4,6,8H2,1H3,(H,20,21). The van der Waals surface area contributed by atoms with Gasteiger partial charge in [-0.2, -0.15) is 0 Å². The molecule has 1 N–H and O–H groups in total. The Bertz CT molecular complexity index is 755. The van der Waals surface area contributed by atoms with E-state index < -0.39 is 12.1 Å². The minimum atomic E-state index is -0.893. The Hall–Kier alpha value is -2.08. The van der Waals surface area contributed by atoms with Gasteiger partial charge in [-0.05, 0) is 65.4 Å². The van der Waals surface area contributed by atoms with Crippen molar-refractivity contribution in [2.75, 3.05) is 0 Å². The topological polar surface area (TPSA) is 68.5 Å². The van der Waals surface area contributed by atoms with Gasteiger partial charge in [0.25, 0.3) is 5.91 Å². The van der Waals surface area contributed by atoms with Crippen LogP contribution in [0.3, 0.4) is 0 Å². The van der Waals surface area contributed by atoms with Crippen molar-refractivity contribution in [3.8, 4) is 0 Å². The molecule has 126 valence electrons. The summed E-state index contributed by atoms with van der Waals surface area (Å²) in [6, 6.07) is 11.2. The number of fused-ring (bicyclic) bond motifs is 1. The Labute approximate surface area is 148 Å². The van der Waals surface area contributed by atoms with Gasteiger partial charge in [0, 0.05) is 0 Å².